The maximum Gasteiger partial charge on any atom is 0.295 e. The molecule has 1 saturated heterocycles. The molecule has 1 fully saturated rings. The average Bonchev–Trinajstić information content (AvgIpc) is 3.13. The van der Waals surface area contributed by atoms with Gasteiger partial charge in [0.1, 0.15) is 5.82 Å². The van der Waals surface area contributed by atoms with E-state index < -0.39 is 11.7 Å². The third kappa shape index (κ3) is 4.40. The van der Waals surface area contributed by atoms with Gasteiger partial charge in [-0.2, -0.15) is 0 Å². The maximum atomic E-state index is 13.2. The summed E-state index contributed by atoms with van der Waals surface area (Å²) in [4.78, 5) is 27.1. The number of amides is 1. The van der Waals surface area contributed by atoms with Gasteiger partial charge in [-0.3, -0.25) is 19.1 Å². The fourth-order valence-electron chi connectivity index (χ4n) is 5.59. The van der Waals surface area contributed by atoms with Crippen molar-refractivity contribution in [1.82, 2.24) is 14.0 Å². The first kappa shape index (κ1) is 23.7. The Labute approximate surface area is 219 Å². The highest BCUT2D eigenvalue weighted by molar-refractivity contribution is 9.10. The van der Waals surface area contributed by atoms with Gasteiger partial charge >= 0.3 is 0 Å². The largest absolute Gasteiger partial charge is 0.493 e. The summed E-state index contributed by atoms with van der Waals surface area (Å²) in [5.74, 6) is -0.579. The number of pyridine rings is 1. The third-order valence-electron chi connectivity index (χ3n) is 7.20. The number of rotatable bonds is 4. The summed E-state index contributed by atoms with van der Waals surface area (Å²) in [6.07, 6.45) is 1.04. The van der Waals surface area contributed by atoms with E-state index in [1.54, 1.807) is 10.6 Å². The number of aromatic hydroxyl groups is 1. The summed E-state index contributed by atoms with van der Waals surface area (Å²) in [5.41, 5.74) is 2.27. The molecule has 188 valence electrons. The van der Waals surface area contributed by atoms with Gasteiger partial charge < -0.3 is 9.67 Å². The summed E-state index contributed by atoms with van der Waals surface area (Å²) >= 11 is 3.47. The molecule has 1 N–H and O–H groups in total. The summed E-state index contributed by atoms with van der Waals surface area (Å²) in [6.45, 7) is 2.68. The predicted octanol–water partition coefficient (Wildman–Crippen LogP) is 5.41. The Hall–Kier alpha value is -3.63. The predicted molar refractivity (Wildman–Crippen MR) is 140 cm³/mol. The first-order valence-corrected chi connectivity index (χ1v) is 12.8. The second-order valence-electron chi connectivity index (χ2n) is 9.65. The number of nitrogens with zero attached hydrogens (tertiary/aromatic N) is 5. The van der Waals surface area contributed by atoms with Crippen molar-refractivity contribution in [2.24, 2.45) is 16.1 Å². The van der Waals surface area contributed by atoms with Crippen LogP contribution in [-0.4, -0.2) is 38.1 Å². The zero-order valence-corrected chi connectivity index (χ0v) is 21.3. The molecule has 2 atom stereocenters. The highest BCUT2D eigenvalue weighted by Gasteiger charge is 2.35. The van der Waals surface area contributed by atoms with E-state index in [1.807, 2.05) is 34.9 Å². The fourth-order valence-corrected chi connectivity index (χ4v) is 5.96. The van der Waals surface area contributed by atoms with Crippen molar-refractivity contribution in [1.29, 1.82) is 0 Å². The second-order valence-corrected chi connectivity index (χ2v) is 10.6. The molecule has 8 nitrogen and oxygen atoms in total. The van der Waals surface area contributed by atoms with Crippen molar-refractivity contribution in [3.8, 4) is 5.88 Å². The number of aromatic nitrogens is 2. The number of carbonyl (C=O) groups is 1. The maximum absolute atomic E-state index is 13.2. The Bertz CT molecular complexity index is 1610. The van der Waals surface area contributed by atoms with Gasteiger partial charge in [0.15, 0.2) is 5.69 Å². The van der Waals surface area contributed by atoms with E-state index >= 15 is 0 Å². The number of hydrogen-bond donors (Lipinski definition) is 1. The van der Waals surface area contributed by atoms with Crippen LogP contribution in [0.4, 0.5) is 10.1 Å². The summed E-state index contributed by atoms with van der Waals surface area (Å²) in [7, 11) is 0. The van der Waals surface area contributed by atoms with Crippen LogP contribution in [0.3, 0.4) is 0 Å². The van der Waals surface area contributed by atoms with Crippen LogP contribution in [0.25, 0.3) is 10.9 Å². The van der Waals surface area contributed by atoms with Crippen molar-refractivity contribution in [2.45, 2.75) is 25.6 Å². The molecule has 2 aliphatic rings. The lowest BCUT2D eigenvalue weighted by Crippen LogP contribution is -2.47. The Kier molecular flexibility index (Phi) is 6.00. The number of fused-ring (bicyclic) bond motifs is 5. The molecule has 2 aliphatic heterocycles. The topological polar surface area (TPSA) is 92.2 Å². The molecule has 37 heavy (non-hydrogen) atoms. The number of hydrogen-bond acceptors (Lipinski definition) is 5. The van der Waals surface area contributed by atoms with Crippen LogP contribution in [0.5, 0.6) is 5.88 Å². The Morgan fingerprint density at radius 2 is 1.89 bits per heavy atom. The van der Waals surface area contributed by atoms with Gasteiger partial charge in [-0.1, -0.05) is 22.0 Å². The van der Waals surface area contributed by atoms with E-state index in [1.165, 1.54) is 24.3 Å². The molecule has 0 radical (unpaired) electrons. The van der Waals surface area contributed by atoms with Crippen molar-refractivity contribution in [3.63, 3.8) is 0 Å². The summed E-state index contributed by atoms with van der Waals surface area (Å²) < 4.78 is 17.7. The molecule has 1 amide bonds. The third-order valence-corrected chi connectivity index (χ3v) is 7.69. The van der Waals surface area contributed by atoms with Crippen LogP contribution in [0.1, 0.15) is 28.4 Å². The monoisotopic (exact) mass is 563 g/mol. The zero-order valence-electron chi connectivity index (χ0n) is 19.7. The first-order valence-electron chi connectivity index (χ1n) is 12.0. The molecule has 4 heterocycles. The van der Waals surface area contributed by atoms with E-state index in [2.05, 4.69) is 31.1 Å². The Morgan fingerprint density at radius 1 is 1.08 bits per heavy atom. The van der Waals surface area contributed by atoms with Gasteiger partial charge in [0.05, 0.1) is 12.2 Å². The minimum atomic E-state index is -0.631. The van der Waals surface area contributed by atoms with E-state index in [4.69, 9.17) is 0 Å². The van der Waals surface area contributed by atoms with Crippen LogP contribution in [0, 0.1) is 11.7 Å². The molecule has 6 rings (SSSR count). The molecule has 10 heteroatoms. The SMILES string of the molecule is O=C(N=Nc1c(O)n(CN2C[C@H]3C[C@@H](C2)c2cccc(=O)n2C3)c2ccc(Br)cc12)c1ccc(F)cc1. The number of carbonyl (C=O) groups excluding carboxylic acids is 1. The van der Waals surface area contributed by atoms with Crippen molar-refractivity contribution >= 4 is 38.4 Å². The minimum Gasteiger partial charge on any atom is -0.493 e. The van der Waals surface area contributed by atoms with Crippen LogP contribution >= 0.6 is 15.9 Å². The molecule has 0 unspecified atom stereocenters. The number of piperidine rings is 1. The highest BCUT2D eigenvalue weighted by atomic mass is 79.9. The van der Waals surface area contributed by atoms with Gasteiger partial charge in [-0.15, -0.1) is 10.2 Å². The lowest BCUT2D eigenvalue weighted by molar-refractivity contribution is 0.0922. The normalized spacial score (nSPS) is 19.4. The van der Waals surface area contributed by atoms with Crippen LogP contribution in [0.2, 0.25) is 0 Å². The molecule has 2 bridgehead atoms. The number of likely N-dealkylation sites (tertiary alicyclic amines) is 1. The fraction of sp³-hybridized carbons (Fsp3) is 0.259. The zero-order chi connectivity index (χ0) is 25.7. The molecule has 0 aliphatic carbocycles. The average molecular weight is 564 g/mol. The van der Waals surface area contributed by atoms with Crippen LogP contribution in [-0.2, 0) is 13.2 Å². The lowest BCUT2D eigenvalue weighted by atomic mass is 9.83. The van der Waals surface area contributed by atoms with Gasteiger partial charge in [-0.25, -0.2) is 4.39 Å². The smallest absolute Gasteiger partial charge is 0.295 e. The Balaban J connectivity index is 1.31. The van der Waals surface area contributed by atoms with Gasteiger partial charge in [0.2, 0.25) is 5.88 Å². The molecule has 2 aromatic heterocycles. The lowest BCUT2D eigenvalue weighted by Gasteiger charge is -2.42. The second kappa shape index (κ2) is 9.35. The number of benzene rings is 2. The molecule has 4 aromatic rings. The van der Waals surface area contributed by atoms with Gasteiger partial charge in [0, 0.05) is 52.7 Å². The summed E-state index contributed by atoms with van der Waals surface area (Å²) in [5, 5.41) is 19.8. The van der Waals surface area contributed by atoms with Crippen LogP contribution < -0.4 is 5.56 Å². The molecule has 0 spiro atoms. The van der Waals surface area contributed by atoms with Crippen molar-refractivity contribution in [3.05, 3.63) is 92.6 Å². The van der Waals surface area contributed by atoms with Crippen molar-refractivity contribution in [2.75, 3.05) is 13.1 Å². The standard InChI is InChI=1S/C27H23BrFN5O3/c28-19-6-9-23-21(11-19)25(30-31-26(36)17-4-7-20(29)8-5-17)27(37)34(23)15-32-12-16-10-18(14-32)22-2-1-3-24(35)33(22)13-16/h1-9,11,16,18,37H,10,12-15H2/t16-,18+/m1/s1. The minimum absolute atomic E-state index is 0.0467. The van der Waals surface area contributed by atoms with Gasteiger partial charge in [-0.05, 0) is 60.9 Å². The highest BCUT2D eigenvalue weighted by Crippen LogP contribution is 2.41. The Morgan fingerprint density at radius 3 is 2.70 bits per heavy atom. The first-order chi connectivity index (χ1) is 17.9. The quantitative estimate of drug-likeness (QED) is 0.336. The number of azo groups is 1. The molecule has 0 saturated carbocycles. The van der Waals surface area contributed by atoms with E-state index in [9.17, 15) is 19.1 Å². The van der Waals surface area contributed by atoms with Crippen LogP contribution in [0.15, 0.2) is 80.2 Å². The van der Waals surface area contributed by atoms with E-state index in [0.29, 0.717) is 24.5 Å². The summed E-state index contributed by atoms with van der Waals surface area (Å²) in [6, 6.07) is 16.1. The molecule has 2 aromatic carbocycles. The van der Waals surface area contributed by atoms with Crippen molar-refractivity contribution < 1.29 is 14.3 Å². The van der Waals surface area contributed by atoms with E-state index in [-0.39, 0.29) is 28.6 Å². The molecular weight excluding hydrogens is 541 g/mol. The van der Waals surface area contributed by atoms with Gasteiger partial charge in [0.25, 0.3) is 11.5 Å². The van der Waals surface area contributed by atoms with E-state index in [0.717, 1.165) is 35.2 Å². The molecular formula is C27H23BrFN5O3. The number of halogens is 2.